The van der Waals surface area contributed by atoms with Gasteiger partial charge in [0.25, 0.3) is 0 Å². The number of allylic oxidation sites excluding steroid dienone is 3. The van der Waals surface area contributed by atoms with E-state index in [0.717, 1.165) is 6.42 Å². The van der Waals surface area contributed by atoms with E-state index in [1.165, 1.54) is 4.48 Å². The highest BCUT2D eigenvalue weighted by molar-refractivity contribution is 9.11. The predicted molar refractivity (Wildman–Crippen MR) is 56.3 cm³/mol. The van der Waals surface area contributed by atoms with Gasteiger partial charge in [0.1, 0.15) is 12.3 Å². The molecule has 4 unspecified atom stereocenters. The molecule has 0 amide bonds. The molecule has 0 aromatic carbocycles. The fraction of sp³-hybridized carbons (Fsp3) is 0.600. The average Bonchev–Trinajstić information content (AvgIpc) is 2.78. The van der Waals surface area contributed by atoms with Crippen molar-refractivity contribution in [1.29, 1.82) is 0 Å². The fourth-order valence-corrected chi connectivity index (χ4v) is 2.40. The molecule has 1 saturated heterocycles. The van der Waals surface area contributed by atoms with Gasteiger partial charge < -0.3 is 10.5 Å². The largest absolute Gasteiger partial charge is 0.353 e. The quantitative estimate of drug-likeness (QED) is 0.718. The van der Waals surface area contributed by atoms with Crippen LogP contribution in [-0.2, 0) is 4.74 Å². The second-order valence-corrected chi connectivity index (χ2v) is 4.74. The zero-order valence-electron chi connectivity index (χ0n) is 7.61. The Kier molecular flexibility index (Phi) is 2.58. The predicted octanol–water partition coefficient (Wildman–Crippen LogP) is 2.16. The van der Waals surface area contributed by atoms with Crippen LogP contribution in [0.4, 0.5) is 0 Å². The van der Waals surface area contributed by atoms with Crippen LogP contribution in [0, 0.1) is 11.8 Å². The summed E-state index contributed by atoms with van der Waals surface area (Å²) in [6.45, 7) is 2.22. The molecule has 2 nitrogen and oxygen atoms in total. The first-order chi connectivity index (χ1) is 6.18. The molecule has 0 bridgehead atoms. The van der Waals surface area contributed by atoms with Gasteiger partial charge in [-0.25, -0.2) is 0 Å². The van der Waals surface area contributed by atoms with E-state index < -0.39 is 0 Å². The van der Waals surface area contributed by atoms with E-state index in [9.17, 15) is 0 Å². The fourth-order valence-electron chi connectivity index (χ4n) is 1.80. The van der Waals surface area contributed by atoms with Gasteiger partial charge in [-0.15, -0.1) is 0 Å². The van der Waals surface area contributed by atoms with Crippen LogP contribution in [0.15, 0.2) is 22.7 Å². The molecule has 1 fully saturated rings. The normalized spacial score (nSPS) is 44.1. The Morgan fingerprint density at radius 1 is 1.62 bits per heavy atom. The van der Waals surface area contributed by atoms with E-state index in [0.29, 0.717) is 11.8 Å². The lowest BCUT2D eigenvalue weighted by Gasteiger charge is -2.14. The molecule has 1 heterocycles. The molecule has 0 spiro atoms. The Morgan fingerprint density at radius 2 is 2.31 bits per heavy atom. The third-order valence-electron chi connectivity index (χ3n) is 2.63. The van der Waals surface area contributed by atoms with Gasteiger partial charge in [-0.2, -0.15) is 0 Å². The monoisotopic (exact) mass is 243 g/mol. The molecule has 72 valence electrons. The molecule has 3 heteroatoms. The molecule has 0 radical (unpaired) electrons. The summed E-state index contributed by atoms with van der Waals surface area (Å²) in [6.07, 6.45) is 7.72. The summed E-state index contributed by atoms with van der Waals surface area (Å²) in [5, 5.41) is 0. The van der Waals surface area contributed by atoms with Crippen LogP contribution >= 0.6 is 15.9 Å². The molecular formula is C10H14BrNO. The number of ether oxygens (including phenoxy) is 1. The lowest BCUT2D eigenvalue weighted by Crippen LogP contribution is -2.17. The molecule has 2 rings (SSSR count). The maximum absolute atomic E-state index is 5.67. The summed E-state index contributed by atoms with van der Waals surface area (Å²) < 4.78 is 6.52. The lowest BCUT2D eigenvalue weighted by molar-refractivity contribution is 0.322. The molecule has 4 atom stereocenters. The Morgan fingerprint density at radius 3 is 2.92 bits per heavy atom. The number of epoxide rings is 1. The molecule has 0 aromatic heterocycles. The highest BCUT2D eigenvalue weighted by Crippen LogP contribution is 2.39. The zero-order valence-corrected chi connectivity index (χ0v) is 9.20. The van der Waals surface area contributed by atoms with E-state index in [1.54, 1.807) is 0 Å². The van der Waals surface area contributed by atoms with E-state index >= 15 is 0 Å². The summed E-state index contributed by atoms with van der Waals surface area (Å²) in [6, 6.07) is 0. The lowest BCUT2D eigenvalue weighted by atomic mass is 9.94. The minimum absolute atomic E-state index is 0.0451. The van der Waals surface area contributed by atoms with E-state index in [2.05, 4.69) is 41.1 Å². The first-order valence-electron chi connectivity index (χ1n) is 4.63. The Labute approximate surface area is 87.0 Å². The van der Waals surface area contributed by atoms with Crippen LogP contribution in [-0.4, -0.2) is 12.3 Å². The van der Waals surface area contributed by atoms with Gasteiger partial charge in [0, 0.05) is 10.4 Å². The van der Waals surface area contributed by atoms with Crippen molar-refractivity contribution >= 4 is 15.9 Å². The van der Waals surface area contributed by atoms with Crippen LogP contribution in [0.1, 0.15) is 13.3 Å². The van der Waals surface area contributed by atoms with Crippen molar-refractivity contribution in [3.05, 3.63) is 22.7 Å². The minimum Gasteiger partial charge on any atom is -0.353 e. The summed E-state index contributed by atoms with van der Waals surface area (Å²) in [7, 11) is 0. The Hall–Kier alpha value is -0.120. The van der Waals surface area contributed by atoms with Crippen molar-refractivity contribution in [2.75, 3.05) is 0 Å². The first kappa shape index (κ1) is 9.44. The summed E-state index contributed by atoms with van der Waals surface area (Å²) in [5.41, 5.74) is 5.67. The zero-order chi connectivity index (χ0) is 9.42. The number of hydrogen-bond donors (Lipinski definition) is 1. The van der Waals surface area contributed by atoms with Crippen molar-refractivity contribution in [3.63, 3.8) is 0 Å². The van der Waals surface area contributed by atoms with Crippen LogP contribution in [0.2, 0.25) is 0 Å². The van der Waals surface area contributed by atoms with Gasteiger partial charge in [0.15, 0.2) is 0 Å². The molecule has 2 aliphatic rings. The maximum atomic E-state index is 5.67. The highest BCUT2D eigenvalue weighted by Gasteiger charge is 2.43. The second kappa shape index (κ2) is 3.56. The average molecular weight is 244 g/mol. The van der Waals surface area contributed by atoms with Gasteiger partial charge >= 0.3 is 0 Å². The van der Waals surface area contributed by atoms with Gasteiger partial charge in [0.05, 0.1) is 0 Å². The Bertz CT molecular complexity index is 262. The molecule has 1 aliphatic carbocycles. The van der Waals surface area contributed by atoms with Crippen molar-refractivity contribution in [2.45, 2.75) is 25.7 Å². The summed E-state index contributed by atoms with van der Waals surface area (Å²) in [5.74, 6) is 1.05. The summed E-state index contributed by atoms with van der Waals surface area (Å²) in [4.78, 5) is 0. The maximum Gasteiger partial charge on any atom is 0.133 e. The molecule has 0 aromatic rings. The number of halogens is 1. The topological polar surface area (TPSA) is 38.5 Å². The van der Waals surface area contributed by atoms with E-state index in [-0.39, 0.29) is 12.3 Å². The first-order valence-corrected chi connectivity index (χ1v) is 5.42. The number of hydrogen-bond acceptors (Lipinski definition) is 2. The molecule has 0 saturated carbocycles. The van der Waals surface area contributed by atoms with Gasteiger partial charge in [-0.05, 0) is 12.3 Å². The third kappa shape index (κ3) is 2.03. The Balaban J connectivity index is 2.09. The number of nitrogens with two attached hydrogens (primary N) is 1. The minimum atomic E-state index is -0.0451. The van der Waals surface area contributed by atoms with Crippen molar-refractivity contribution < 1.29 is 4.74 Å². The van der Waals surface area contributed by atoms with Gasteiger partial charge in [-0.3, -0.25) is 0 Å². The molecule has 1 aliphatic heterocycles. The second-order valence-electron chi connectivity index (χ2n) is 3.82. The van der Waals surface area contributed by atoms with Crippen LogP contribution in [0.3, 0.4) is 0 Å². The van der Waals surface area contributed by atoms with Crippen LogP contribution in [0.25, 0.3) is 0 Å². The van der Waals surface area contributed by atoms with Gasteiger partial charge in [-0.1, -0.05) is 41.1 Å². The SMILES string of the molecule is CC1C=CC=C(Br)C(C2OC2N)C1. The third-order valence-corrected chi connectivity index (χ3v) is 3.49. The van der Waals surface area contributed by atoms with Crippen molar-refractivity contribution in [2.24, 2.45) is 17.6 Å². The van der Waals surface area contributed by atoms with Crippen molar-refractivity contribution in [1.82, 2.24) is 0 Å². The standard InChI is InChI=1S/C10H14BrNO/c1-6-3-2-4-8(11)7(5-6)9-10(12)13-9/h2-4,6-7,9-10H,5,12H2,1H3. The highest BCUT2D eigenvalue weighted by atomic mass is 79.9. The smallest absolute Gasteiger partial charge is 0.133 e. The van der Waals surface area contributed by atoms with Crippen LogP contribution < -0.4 is 5.73 Å². The van der Waals surface area contributed by atoms with E-state index in [4.69, 9.17) is 10.5 Å². The van der Waals surface area contributed by atoms with Crippen LogP contribution in [0.5, 0.6) is 0 Å². The molecule has 13 heavy (non-hydrogen) atoms. The summed E-state index contributed by atoms with van der Waals surface area (Å²) >= 11 is 3.57. The van der Waals surface area contributed by atoms with E-state index in [1.807, 2.05) is 0 Å². The number of rotatable bonds is 1. The molecule has 2 N–H and O–H groups in total. The molecular weight excluding hydrogens is 230 g/mol. The van der Waals surface area contributed by atoms with Crippen molar-refractivity contribution in [3.8, 4) is 0 Å². The van der Waals surface area contributed by atoms with Gasteiger partial charge in [0.2, 0.25) is 0 Å².